The minimum absolute atomic E-state index is 0.0164. The Kier molecular flexibility index (Phi) is 2.78. The highest BCUT2D eigenvalue weighted by Gasteiger charge is 2.56. The van der Waals surface area contributed by atoms with E-state index >= 15 is 0 Å². The lowest BCUT2D eigenvalue weighted by Crippen LogP contribution is -2.37. The van der Waals surface area contributed by atoms with E-state index in [1.807, 2.05) is 27.7 Å². The molecular weight excluding hydrogens is 236 g/mol. The molecule has 0 aromatic carbocycles. The minimum atomic E-state index is -0.555. The van der Waals surface area contributed by atoms with Gasteiger partial charge in [-0.3, -0.25) is 0 Å². The van der Waals surface area contributed by atoms with Gasteiger partial charge in [0.1, 0.15) is 12.2 Å². The predicted octanol–water partition coefficient (Wildman–Crippen LogP) is 1.65. The maximum absolute atomic E-state index is 5.96. The second-order valence-electron chi connectivity index (χ2n) is 6.30. The molecule has 0 spiro atoms. The summed E-state index contributed by atoms with van der Waals surface area (Å²) in [5, 5.41) is 0. The van der Waals surface area contributed by atoms with Crippen molar-refractivity contribution in [2.75, 3.05) is 6.61 Å². The van der Waals surface area contributed by atoms with E-state index < -0.39 is 11.6 Å². The molecule has 18 heavy (non-hydrogen) atoms. The van der Waals surface area contributed by atoms with Crippen LogP contribution in [0.5, 0.6) is 0 Å². The van der Waals surface area contributed by atoms with Gasteiger partial charge >= 0.3 is 0 Å². The molecule has 0 N–H and O–H groups in total. The van der Waals surface area contributed by atoms with Crippen LogP contribution in [0, 0.1) is 5.92 Å². The van der Waals surface area contributed by atoms with E-state index in [4.69, 9.17) is 23.7 Å². The van der Waals surface area contributed by atoms with E-state index in [1.165, 1.54) is 0 Å². The molecule has 0 bridgehead atoms. The van der Waals surface area contributed by atoms with Crippen molar-refractivity contribution in [2.24, 2.45) is 5.92 Å². The highest BCUT2D eigenvalue weighted by molar-refractivity contribution is 4.95. The molecule has 0 aromatic heterocycles. The minimum Gasteiger partial charge on any atom is -0.348 e. The smallest absolute Gasteiger partial charge is 0.187 e. The van der Waals surface area contributed by atoms with E-state index in [0.29, 0.717) is 6.61 Å². The van der Waals surface area contributed by atoms with Gasteiger partial charge in [-0.05, 0) is 27.7 Å². The summed E-state index contributed by atoms with van der Waals surface area (Å²) < 4.78 is 29.0. The van der Waals surface area contributed by atoms with Crippen molar-refractivity contribution in [3.05, 3.63) is 0 Å². The molecule has 0 amide bonds. The van der Waals surface area contributed by atoms with Crippen molar-refractivity contribution in [1.29, 1.82) is 0 Å². The number of hydrogen-bond acceptors (Lipinski definition) is 5. The van der Waals surface area contributed by atoms with Gasteiger partial charge in [-0.25, -0.2) is 0 Å². The quantitative estimate of drug-likeness (QED) is 0.715. The van der Waals surface area contributed by atoms with Crippen molar-refractivity contribution < 1.29 is 23.7 Å². The average molecular weight is 258 g/mol. The Balaban J connectivity index is 1.68. The van der Waals surface area contributed by atoms with Crippen molar-refractivity contribution >= 4 is 0 Å². The molecule has 0 radical (unpaired) electrons. The zero-order valence-electron chi connectivity index (χ0n) is 11.6. The standard InChI is InChI=1S/C13H22O5/c1-7-9(8-6-14-12(2,3)16-8)15-11-10(7)17-13(4,5)18-11/h7-11H,6H2,1-5H3/t7?,8-,9+,10-,11-/m0/s1. The number of hydrogen-bond donors (Lipinski definition) is 0. The highest BCUT2D eigenvalue weighted by Crippen LogP contribution is 2.43. The molecule has 3 aliphatic rings. The summed E-state index contributed by atoms with van der Waals surface area (Å²) in [4.78, 5) is 0. The van der Waals surface area contributed by atoms with Crippen LogP contribution >= 0.6 is 0 Å². The van der Waals surface area contributed by atoms with Crippen LogP contribution in [-0.2, 0) is 23.7 Å². The van der Waals surface area contributed by atoms with Gasteiger partial charge in [0.2, 0.25) is 0 Å². The van der Waals surface area contributed by atoms with Crippen LogP contribution in [0.1, 0.15) is 34.6 Å². The van der Waals surface area contributed by atoms with Crippen LogP contribution in [0.25, 0.3) is 0 Å². The second-order valence-corrected chi connectivity index (χ2v) is 6.30. The Labute approximate surface area is 108 Å². The van der Waals surface area contributed by atoms with Gasteiger partial charge in [0.25, 0.3) is 0 Å². The van der Waals surface area contributed by atoms with Gasteiger partial charge < -0.3 is 23.7 Å². The van der Waals surface area contributed by atoms with Crippen LogP contribution in [-0.4, -0.2) is 42.8 Å². The number of fused-ring (bicyclic) bond motifs is 1. The second kappa shape index (κ2) is 3.90. The first-order chi connectivity index (χ1) is 8.27. The van der Waals surface area contributed by atoms with Gasteiger partial charge in [-0.1, -0.05) is 6.92 Å². The Bertz CT molecular complexity index is 340. The maximum atomic E-state index is 5.96. The largest absolute Gasteiger partial charge is 0.348 e. The molecule has 5 heteroatoms. The Morgan fingerprint density at radius 1 is 0.889 bits per heavy atom. The fourth-order valence-electron chi connectivity index (χ4n) is 2.99. The molecule has 3 aliphatic heterocycles. The van der Waals surface area contributed by atoms with E-state index in [1.54, 1.807) is 0 Å². The summed E-state index contributed by atoms with van der Waals surface area (Å²) in [5.41, 5.74) is 0. The summed E-state index contributed by atoms with van der Waals surface area (Å²) in [6.07, 6.45) is -0.376. The topological polar surface area (TPSA) is 46.2 Å². The molecule has 0 aromatic rings. The molecule has 0 saturated carbocycles. The average Bonchev–Trinajstić information content (AvgIpc) is 2.81. The van der Waals surface area contributed by atoms with Crippen LogP contribution in [0.2, 0.25) is 0 Å². The summed E-state index contributed by atoms with van der Waals surface area (Å²) in [5.74, 6) is -0.841. The molecule has 3 heterocycles. The number of rotatable bonds is 1. The lowest BCUT2D eigenvalue weighted by molar-refractivity contribution is -0.226. The molecule has 3 fully saturated rings. The van der Waals surface area contributed by atoms with E-state index in [2.05, 4.69) is 6.92 Å². The Morgan fingerprint density at radius 2 is 1.61 bits per heavy atom. The normalized spacial score (nSPS) is 49.5. The molecule has 1 unspecified atom stereocenters. The fourth-order valence-corrected chi connectivity index (χ4v) is 2.99. The maximum Gasteiger partial charge on any atom is 0.187 e. The fraction of sp³-hybridized carbons (Fsp3) is 1.00. The first-order valence-corrected chi connectivity index (χ1v) is 6.60. The van der Waals surface area contributed by atoms with Crippen molar-refractivity contribution in [3.63, 3.8) is 0 Å². The van der Waals surface area contributed by atoms with Crippen LogP contribution < -0.4 is 0 Å². The molecular formula is C13H22O5. The first-order valence-electron chi connectivity index (χ1n) is 6.60. The third kappa shape index (κ3) is 2.08. The first kappa shape index (κ1) is 12.8. The lowest BCUT2D eigenvalue weighted by atomic mass is 9.97. The van der Waals surface area contributed by atoms with Crippen molar-refractivity contribution in [3.8, 4) is 0 Å². The van der Waals surface area contributed by atoms with Crippen molar-refractivity contribution in [1.82, 2.24) is 0 Å². The third-order valence-corrected chi connectivity index (χ3v) is 3.81. The third-order valence-electron chi connectivity index (χ3n) is 3.81. The molecule has 0 aliphatic carbocycles. The Morgan fingerprint density at radius 3 is 2.17 bits per heavy atom. The molecule has 104 valence electrons. The van der Waals surface area contributed by atoms with Gasteiger partial charge in [-0.15, -0.1) is 0 Å². The summed E-state index contributed by atoms with van der Waals surface area (Å²) in [7, 11) is 0. The monoisotopic (exact) mass is 258 g/mol. The van der Waals surface area contributed by atoms with Gasteiger partial charge in [0.05, 0.1) is 12.7 Å². The van der Waals surface area contributed by atoms with Gasteiger partial charge in [0, 0.05) is 5.92 Å². The van der Waals surface area contributed by atoms with Gasteiger partial charge in [-0.2, -0.15) is 0 Å². The van der Waals surface area contributed by atoms with E-state index in [9.17, 15) is 0 Å². The zero-order chi connectivity index (χ0) is 13.1. The number of ether oxygens (including phenoxy) is 5. The van der Waals surface area contributed by atoms with Crippen LogP contribution in [0.15, 0.2) is 0 Å². The molecule has 5 nitrogen and oxygen atoms in total. The predicted molar refractivity (Wildman–Crippen MR) is 62.8 cm³/mol. The summed E-state index contributed by atoms with van der Waals surface area (Å²) in [6.45, 7) is 10.3. The van der Waals surface area contributed by atoms with Gasteiger partial charge in [0.15, 0.2) is 17.9 Å². The highest BCUT2D eigenvalue weighted by atomic mass is 16.8. The lowest BCUT2D eigenvalue weighted by Gasteiger charge is -2.27. The van der Waals surface area contributed by atoms with E-state index in [-0.39, 0.29) is 30.5 Å². The van der Waals surface area contributed by atoms with Crippen LogP contribution in [0.4, 0.5) is 0 Å². The van der Waals surface area contributed by atoms with E-state index in [0.717, 1.165) is 0 Å². The summed E-state index contributed by atoms with van der Waals surface area (Å²) in [6, 6.07) is 0. The van der Waals surface area contributed by atoms with Crippen LogP contribution in [0.3, 0.4) is 0 Å². The molecule has 3 saturated heterocycles. The SMILES string of the molecule is CC1[C@H]([C@@H]2COC(C)(C)O2)O[C@H]2OC(C)(C)O[C@@H]12. The molecule has 5 atom stereocenters. The molecule has 3 rings (SSSR count). The summed E-state index contributed by atoms with van der Waals surface area (Å²) >= 11 is 0. The Hall–Kier alpha value is -0.200. The zero-order valence-corrected chi connectivity index (χ0v) is 11.6. The van der Waals surface area contributed by atoms with Crippen molar-refractivity contribution in [2.45, 2.75) is 70.8 Å².